The van der Waals surface area contributed by atoms with E-state index in [1.165, 1.54) is 28.6 Å². The second-order valence-electron chi connectivity index (χ2n) is 6.83. The summed E-state index contributed by atoms with van der Waals surface area (Å²) in [6.07, 6.45) is 0. The molecule has 0 radical (unpaired) electrons. The van der Waals surface area contributed by atoms with Gasteiger partial charge in [-0.25, -0.2) is 8.42 Å². The molecule has 6 nitrogen and oxygen atoms in total. The number of sulfonamides is 1. The van der Waals surface area contributed by atoms with Gasteiger partial charge in [0.1, 0.15) is 5.75 Å². The summed E-state index contributed by atoms with van der Waals surface area (Å²) in [4.78, 5) is 14.7. The van der Waals surface area contributed by atoms with Crippen LogP contribution in [0.5, 0.6) is 5.75 Å². The van der Waals surface area contributed by atoms with Gasteiger partial charge < -0.3 is 10.0 Å². The Hall–Kier alpha value is -2.61. The van der Waals surface area contributed by atoms with Crippen LogP contribution in [0.2, 0.25) is 5.02 Å². The molecule has 1 heterocycles. The molecular weight excluding hydrogens is 412 g/mol. The molecule has 1 N–H and O–H groups in total. The monoisotopic (exact) mass is 430 g/mol. The van der Waals surface area contributed by atoms with Crippen molar-refractivity contribution in [2.75, 3.05) is 26.2 Å². The lowest BCUT2D eigenvalue weighted by Gasteiger charge is -2.34. The van der Waals surface area contributed by atoms with Crippen molar-refractivity contribution in [1.29, 1.82) is 0 Å². The molecule has 1 aliphatic rings. The number of nitrogens with zero attached hydrogens (tertiary/aromatic N) is 2. The Morgan fingerprint density at radius 1 is 0.897 bits per heavy atom. The number of carbonyl (C=O) groups is 1. The van der Waals surface area contributed by atoms with Gasteiger partial charge in [0.25, 0.3) is 5.91 Å². The zero-order valence-corrected chi connectivity index (χ0v) is 17.0. The van der Waals surface area contributed by atoms with Gasteiger partial charge >= 0.3 is 0 Å². The van der Waals surface area contributed by atoms with Crippen molar-refractivity contribution in [3.8, 4) is 5.75 Å². The number of hydrogen-bond acceptors (Lipinski definition) is 4. The van der Waals surface area contributed by atoms with Gasteiger partial charge in [0.2, 0.25) is 10.0 Å². The van der Waals surface area contributed by atoms with E-state index in [0.717, 1.165) is 5.39 Å². The SMILES string of the molecule is O=C(c1ccc2ccccc2c1O)N1CCN(S(=O)(=O)c2ccc(Cl)cc2)CC1. The van der Waals surface area contributed by atoms with Crippen molar-refractivity contribution in [2.24, 2.45) is 0 Å². The fourth-order valence-corrected chi connectivity index (χ4v) is 5.03. The third kappa shape index (κ3) is 3.69. The van der Waals surface area contributed by atoms with Crippen LogP contribution in [0.3, 0.4) is 0 Å². The van der Waals surface area contributed by atoms with Crippen molar-refractivity contribution < 1.29 is 18.3 Å². The van der Waals surface area contributed by atoms with Crippen LogP contribution in [0, 0.1) is 0 Å². The van der Waals surface area contributed by atoms with E-state index in [-0.39, 0.29) is 48.3 Å². The number of amides is 1. The molecule has 29 heavy (non-hydrogen) atoms. The van der Waals surface area contributed by atoms with E-state index in [1.54, 1.807) is 29.2 Å². The number of halogens is 1. The smallest absolute Gasteiger partial charge is 0.257 e. The molecule has 1 saturated heterocycles. The van der Waals surface area contributed by atoms with Crippen LogP contribution in [0.15, 0.2) is 65.6 Å². The number of carbonyl (C=O) groups excluding carboxylic acids is 1. The van der Waals surface area contributed by atoms with Gasteiger partial charge in [-0.05, 0) is 35.7 Å². The molecule has 150 valence electrons. The Kier molecular flexibility index (Phi) is 5.21. The van der Waals surface area contributed by atoms with Crippen molar-refractivity contribution in [3.63, 3.8) is 0 Å². The van der Waals surface area contributed by atoms with E-state index < -0.39 is 10.0 Å². The molecule has 8 heteroatoms. The number of fused-ring (bicyclic) bond motifs is 1. The van der Waals surface area contributed by atoms with E-state index in [2.05, 4.69) is 0 Å². The van der Waals surface area contributed by atoms with Gasteiger partial charge in [-0.1, -0.05) is 41.9 Å². The van der Waals surface area contributed by atoms with Crippen molar-refractivity contribution in [1.82, 2.24) is 9.21 Å². The number of benzene rings is 3. The zero-order chi connectivity index (χ0) is 20.6. The minimum absolute atomic E-state index is 0.0516. The Bertz CT molecular complexity index is 1170. The molecule has 0 saturated carbocycles. The van der Waals surface area contributed by atoms with E-state index in [1.807, 2.05) is 12.1 Å². The summed E-state index contributed by atoms with van der Waals surface area (Å²) in [6, 6.07) is 16.7. The number of phenolic OH excluding ortho intramolecular Hbond substituents is 1. The molecule has 1 aliphatic heterocycles. The van der Waals surface area contributed by atoms with Crippen LogP contribution in [-0.2, 0) is 10.0 Å². The highest BCUT2D eigenvalue weighted by molar-refractivity contribution is 7.89. The first-order valence-corrected chi connectivity index (χ1v) is 11.0. The predicted molar refractivity (Wildman–Crippen MR) is 112 cm³/mol. The number of piperazine rings is 1. The number of phenols is 1. The fourth-order valence-electron chi connectivity index (χ4n) is 3.49. The van der Waals surface area contributed by atoms with Crippen LogP contribution in [0.25, 0.3) is 10.8 Å². The van der Waals surface area contributed by atoms with Crippen LogP contribution in [-0.4, -0.2) is 54.8 Å². The van der Waals surface area contributed by atoms with E-state index >= 15 is 0 Å². The summed E-state index contributed by atoms with van der Waals surface area (Å²) in [5, 5.41) is 12.5. The molecule has 1 amide bonds. The average molecular weight is 431 g/mol. The number of rotatable bonds is 3. The Balaban J connectivity index is 1.50. The minimum Gasteiger partial charge on any atom is -0.506 e. The van der Waals surface area contributed by atoms with Crippen molar-refractivity contribution in [3.05, 3.63) is 71.2 Å². The molecule has 0 unspecified atom stereocenters. The largest absolute Gasteiger partial charge is 0.506 e. The van der Waals surface area contributed by atoms with Gasteiger partial charge in [0, 0.05) is 36.6 Å². The first-order chi connectivity index (χ1) is 13.9. The normalized spacial score (nSPS) is 15.6. The highest BCUT2D eigenvalue weighted by Crippen LogP contribution is 2.30. The summed E-state index contributed by atoms with van der Waals surface area (Å²) >= 11 is 5.84. The first-order valence-electron chi connectivity index (χ1n) is 9.13. The quantitative estimate of drug-likeness (QED) is 0.691. The summed E-state index contributed by atoms with van der Waals surface area (Å²) in [6.45, 7) is 0.867. The van der Waals surface area contributed by atoms with E-state index in [9.17, 15) is 18.3 Å². The molecule has 0 aliphatic carbocycles. The van der Waals surface area contributed by atoms with Crippen LogP contribution >= 0.6 is 11.6 Å². The minimum atomic E-state index is -3.64. The molecule has 1 fully saturated rings. The summed E-state index contributed by atoms with van der Waals surface area (Å²) in [5.41, 5.74) is 0.220. The standard InChI is InChI=1S/C21H19ClN2O4S/c22-16-6-8-17(9-7-16)29(27,28)24-13-11-23(12-14-24)21(26)19-10-5-15-3-1-2-4-18(15)20(19)25/h1-10,25H,11-14H2. The second-order valence-corrected chi connectivity index (χ2v) is 9.21. The van der Waals surface area contributed by atoms with Crippen LogP contribution in [0.4, 0.5) is 0 Å². The first kappa shape index (κ1) is 19.7. The van der Waals surface area contributed by atoms with Crippen LogP contribution < -0.4 is 0 Å². The lowest BCUT2D eigenvalue weighted by molar-refractivity contribution is 0.0695. The van der Waals surface area contributed by atoms with Gasteiger partial charge in [-0.2, -0.15) is 4.31 Å². The third-order valence-corrected chi connectivity index (χ3v) is 7.27. The topological polar surface area (TPSA) is 77.9 Å². The molecule has 0 bridgehead atoms. The van der Waals surface area contributed by atoms with Crippen LogP contribution in [0.1, 0.15) is 10.4 Å². The fraction of sp³-hybridized carbons (Fsp3) is 0.190. The van der Waals surface area contributed by atoms with Gasteiger partial charge in [-0.3, -0.25) is 4.79 Å². The zero-order valence-electron chi connectivity index (χ0n) is 15.5. The molecule has 0 spiro atoms. The van der Waals surface area contributed by atoms with Crippen molar-refractivity contribution >= 4 is 38.3 Å². The Morgan fingerprint density at radius 2 is 1.55 bits per heavy atom. The lowest BCUT2D eigenvalue weighted by Crippen LogP contribution is -2.50. The summed E-state index contributed by atoms with van der Waals surface area (Å²) < 4.78 is 26.9. The Labute approximate surface area is 174 Å². The third-order valence-electron chi connectivity index (χ3n) is 5.11. The maximum Gasteiger partial charge on any atom is 0.257 e. The predicted octanol–water partition coefficient (Wildman–Crippen LogP) is 3.35. The molecule has 0 aromatic heterocycles. The highest BCUT2D eigenvalue weighted by atomic mass is 35.5. The maximum atomic E-state index is 12.9. The van der Waals surface area contributed by atoms with Gasteiger partial charge in [0.05, 0.1) is 10.5 Å². The van der Waals surface area contributed by atoms with E-state index in [0.29, 0.717) is 10.4 Å². The second kappa shape index (κ2) is 7.67. The Morgan fingerprint density at radius 3 is 2.24 bits per heavy atom. The van der Waals surface area contributed by atoms with E-state index in [4.69, 9.17) is 11.6 Å². The summed E-state index contributed by atoms with van der Waals surface area (Å²) in [7, 11) is -3.64. The average Bonchev–Trinajstić information content (AvgIpc) is 2.74. The number of aromatic hydroxyl groups is 1. The van der Waals surface area contributed by atoms with Crippen molar-refractivity contribution in [2.45, 2.75) is 4.90 Å². The number of hydrogen-bond donors (Lipinski definition) is 1. The molecule has 3 aromatic rings. The highest BCUT2D eigenvalue weighted by Gasteiger charge is 2.31. The molecule has 0 atom stereocenters. The van der Waals surface area contributed by atoms with Gasteiger partial charge in [-0.15, -0.1) is 0 Å². The lowest BCUT2D eigenvalue weighted by atomic mass is 10.0. The summed E-state index contributed by atoms with van der Waals surface area (Å²) in [5.74, 6) is -0.360. The molecule has 3 aromatic carbocycles. The van der Waals surface area contributed by atoms with Gasteiger partial charge in [0.15, 0.2) is 0 Å². The molecular formula is C21H19ClN2O4S. The molecule has 4 rings (SSSR count). The maximum absolute atomic E-state index is 12.9.